The van der Waals surface area contributed by atoms with Gasteiger partial charge in [-0.2, -0.15) is 5.10 Å². The van der Waals surface area contributed by atoms with Gasteiger partial charge in [-0.3, -0.25) is 5.73 Å². The Bertz CT molecular complexity index is 709. The summed E-state index contributed by atoms with van der Waals surface area (Å²) < 4.78 is 0.971. The molecule has 1 heterocycles. The molecular formula is C15H14BrN5. The highest BCUT2D eigenvalue weighted by Crippen LogP contribution is 2.28. The molecule has 5 nitrogen and oxygen atoms in total. The lowest BCUT2D eigenvalue weighted by Crippen LogP contribution is -2.51. The second kappa shape index (κ2) is 5.31. The van der Waals surface area contributed by atoms with Crippen molar-refractivity contribution in [3.05, 3.63) is 70.2 Å². The van der Waals surface area contributed by atoms with Gasteiger partial charge in [-0.05, 0) is 12.1 Å². The third-order valence-corrected chi connectivity index (χ3v) is 3.80. The number of nitrogens with one attached hydrogen (secondary N) is 1. The normalized spacial score (nSPS) is 21.2. The van der Waals surface area contributed by atoms with Crippen LogP contribution in [0.5, 0.6) is 0 Å². The predicted molar refractivity (Wildman–Crippen MR) is 87.7 cm³/mol. The number of hydrogen-bond acceptors (Lipinski definition) is 5. The molecule has 1 aliphatic rings. The van der Waals surface area contributed by atoms with Gasteiger partial charge in [0, 0.05) is 15.6 Å². The van der Waals surface area contributed by atoms with E-state index in [2.05, 4.69) is 31.4 Å². The second-order valence-corrected chi connectivity index (χ2v) is 5.62. The summed E-state index contributed by atoms with van der Waals surface area (Å²) in [5, 5.41) is 4.31. The number of nitrogens with two attached hydrogens (primary N) is 2. The highest BCUT2D eigenvalue weighted by atomic mass is 79.9. The van der Waals surface area contributed by atoms with E-state index in [1.54, 1.807) is 0 Å². The lowest BCUT2D eigenvalue weighted by molar-refractivity contribution is 0.613. The monoisotopic (exact) mass is 343 g/mol. The molecule has 2 aromatic rings. The third-order valence-electron chi connectivity index (χ3n) is 3.27. The average Bonchev–Trinajstić information content (AvgIpc) is 2.48. The van der Waals surface area contributed by atoms with E-state index < -0.39 is 5.66 Å². The molecule has 0 bridgehead atoms. The van der Waals surface area contributed by atoms with E-state index in [0.29, 0.717) is 5.71 Å². The van der Waals surface area contributed by atoms with Crippen molar-refractivity contribution in [3.63, 3.8) is 0 Å². The van der Waals surface area contributed by atoms with Gasteiger partial charge in [-0.1, -0.05) is 58.4 Å². The van der Waals surface area contributed by atoms with E-state index in [1.807, 2.05) is 54.6 Å². The molecule has 0 spiro atoms. The van der Waals surface area contributed by atoms with Crippen LogP contribution in [0.2, 0.25) is 0 Å². The maximum absolute atomic E-state index is 6.54. The summed E-state index contributed by atoms with van der Waals surface area (Å²) in [6.45, 7) is 0. The van der Waals surface area contributed by atoms with Crippen molar-refractivity contribution >= 4 is 27.6 Å². The number of rotatable bonds is 2. The van der Waals surface area contributed by atoms with Gasteiger partial charge in [0.25, 0.3) is 0 Å². The number of benzene rings is 2. The fraction of sp³-hybridized carbons (Fsp3) is 0.0667. The molecule has 106 valence electrons. The Morgan fingerprint density at radius 2 is 1.67 bits per heavy atom. The van der Waals surface area contributed by atoms with Gasteiger partial charge in [-0.15, -0.1) is 0 Å². The maximum atomic E-state index is 6.54. The molecule has 3 rings (SSSR count). The van der Waals surface area contributed by atoms with Crippen LogP contribution < -0.4 is 16.9 Å². The Hall–Kier alpha value is -2.18. The van der Waals surface area contributed by atoms with Crippen molar-refractivity contribution < 1.29 is 0 Å². The van der Waals surface area contributed by atoms with Crippen molar-refractivity contribution in [2.45, 2.75) is 5.66 Å². The van der Waals surface area contributed by atoms with Gasteiger partial charge in [-0.25, -0.2) is 10.4 Å². The quantitative estimate of drug-likeness (QED) is 0.777. The van der Waals surface area contributed by atoms with E-state index in [9.17, 15) is 0 Å². The van der Waals surface area contributed by atoms with Crippen molar-refractivity contribution in [1.82, 2.24) is 5.43 Å². The van der Waals surface area contributed by atoms with E-state index in [0.717, 1.165) is 15.6 Å². The molecule has 5 N–H and O–H groups in total. The molecule has 0 saturated heterocycles. The molecule has 0 aromatic heterocycles. The van der Waals surface area contributed by atoms with Crippen LogP contribution in [0, 0.1) is 0 Å². The number of nitrogens with zero attached hydrogens (tertiary/aromatic N) is 2. The summed E-state index contributed by atoms with van der Waals surface area (Å²) in [6, 6.07) is 17.3. The van der Waals surface area contributed by atoms with Crippen LogP contribution in [0.15, 0.2) is 69.2 Å². The van der Waals surface area contributed by atoms with Crippen LogP contribution in [0.4, 0.5) is 0 Å². The summed E-state index contributed by atoms with van der Waals surface area (Å²) in [7, 11) is 0. The highest BCUT2D eigenvalue weighted by molar-refractivity contribution is 9.10. The minimum Gasteiger partial charge on any atom is -0.368 e. The molecule has 0 amide bonds. The Labute approximate surface area is 130 Å². The minimum atomic E-state index is -1.11. The number of hydrazone groups is 1. The zero-order chi connectivity index (χ0) is 14.9. The molecule has 1 unspecified atom stereocenters. The first kappa shape index (κ1) is 13.8. The molecule has 0 aliphatic carbocycles. The molecule has 0 fully saturated rings. The second-order valence-electron chi connectivity index (χ2n) is 4.71. The molecule has 1 atom stereocenters. The Kier molecular flexibility index (Phi) is 3.48. The summed E-state index contributed by atoms with van der Waals surface area (Å²) in [6.07, 6.45) is 0. The fourth-order valence-electron chi connectivity index (χ4n) is 2.25. The Balaban J connectivity index is 2.13. The van der Waals surface area contributed by atoms with Crippen LogP contribution in [-0.4, -0.2) is 11.7 Å². The van der Waals surface area contributed by atoms with Crippen molar-refractivity contribution in [3.8, 4) is 0 Å². The van der Waals surface area contributed by atoms with Crippen molar-refractivity contribution in [2.75, 3.05) is 0 Å². The Morgan fingerprint density at radius 3 is 2.33 bits per heavy atom. The fourth-order valence-corrected chi connectivity index (χ4v) is 2.52. The van der Waals surface area contributed by atoms with E-state index in [1.165, 1.54) is 0 Å². The van der Waals surface area contributed by atoms with Gasteiger partial charge >= 0.3 is 0 Å². The number of hydrogen-bond donors (Lipinski definition) is 3. The van der Waals surface area contributed by atoms with Crippen molar-refractivity contribution in [1.29, 1.82) is 0 Å². The van der Waals surface area contributed by atoms with Gasteiger partial charge < -0.3 is 5.73 Å². The standard InChI is InChI=1S/C15H14BrN5/c16-12-8-6-11(7-9-12)15(18)13(20-21-14(17)19-15)10-4-2-1-3-5-10/h1-9H,18H2,(H3,17,19,21). The van der Waals surface area contributed by atoms with E-state index in [-0.39, 0.29) is 5.96 Å². The summed E-state index contributed by atoms with van der Waals surface area (Å²) in [5.41, 5.74) is 16.2. The maximum Gasteiger partial charge on any atom is 0.212 e. The zero-order valence-corrected chi connectivity index (χ0v) is 12.7. The lowest BCUT2D eigenvalue weighted by Gasteiger charge is -2.31. The summed E-state index contributed by atoms with van der Waals surface area (Å²) >= 11 is 3.42. The first-order chi connectivity index (χ1) is 10.1. The van der Waals surface area contributed by atoms with Gasteiger partial charge in [0.1, 0.15) is 5.71 Å². The Morgan fingerprint density at radius 1 is 1.00 bits per heavy atom. The minimum absolute atomic E-state index is 0.195. The van der Waals surface area contributed by atoms with Crippen LogP contribution in [0.3, 0.4) is 0 Å². The lowest BCUT2D eigenvalue weighted by atomic mass is 9.90. The van der Waals surface area contributed by atoms with Gasteiger partial charge in [0.2, 0.25) is 5.96 Å². The summed E-state index contributed by atoms with van der Waals surface area (Å²) in [4.78, 5) is 4.39. The molecule has 1 aliphatic heterocycles. The zero-order valence-electron chi connectivity index (χ0n) is 11.1. The highest BCUT2D eigenvalue weighted by Gasteiger charge is 2.37. The first-order valence-corrected chi connectivity index (χ1v) is 7.19. The van der Waals surface area contributed by atoms with Crippen LogP contribution >= 0.6 is 15.9 Å². The van der Waals surface area contributed by atoms with Crippen LogP contribution in [0.1, 0.15) is 11.1 Å². The molecule has 6 heteroatoms. The largest absolute Gasteiger partial charge is 0.368 e. The predicted octanol–water partition coefficient (Wildman–Crippen LogP) is 1.88. The molecule has 21 heavy (non-hydrogen) atoms. The number of aliphatic imine (C=N–C) groups is 1. The number of halogens is 1. The van der Waals surface area contributed by atoms with E-state index in [4.69, 9.17) is 11.5 Å². The SMILES string of the molecule is NC1=NC(N)(c2ccc(Br)cc2)C(c2ccccc2)=NN1. The summed E-state index contributed by atoms with van der Waals surface area (Å²) in [5.74, 6) is 0.195. The first-order valence-electron chi connectivity index (χ1n) is 6.39. The molecule has 2 aromatic carbocycles. The van der Waals surface area contributed by atoms with Crippen LogP contribution in [-0.2, 0) is 5.66 Å². The molecule has 0 radical (unpaired) electrons. The number of guanidine groups is 1. The van der Waals surface area contributed by atoms with Crippen LogP contribution in [0.25, 0.3) is 0 Å². The molecule has 0 saturated carbocycles. The average molecular weight is 344 g/mol. The van der Waals surface area contributed by atoms with Gasteiger partial charge in [0.15, 0.2) is 5.66 Å². The van der Waals surface area contributed by atoms with E-state index >= 15 is 0 Å². The van der Waals surface area contributed by atoms with Crippen molar-refractivity contribution in [2.24, 2.45) is 21.6 Å². The van der Waals surface area contributed by atoms with Gasteiger partial charge in [0.05, 0.1) is 0 Å². The smallest absolute Gasteiger partial charge is 0.212 e. The topological polar surface area (TPSA) is 88.8 Å². The third kappa shape index (κ3) is 2.55. The molecular weight excluding hydrogens is 330 g/mol.